The first kappa shape index (κ1) is 31.9. The van der Waals surface area contributed by atoms with Gasteiger partial charge in [-0.25, -0.2) is 0 Å². The Morgan fingerprint density at radius 3 is 1.02 bits per heavy atom. The molecule has 10 rings (SSSR count). The molecule has 8 aromatic rings. The van der Waals surface area contributed by atoms with Crippen LogP contribution in [-0.4, -0.2) is 15.3 Å². The summed E-state index contributed by atoms with van der Waals surface area (Å²) < 4.78 is 0. The molecule has 0 atom stereocenters. The molecule has 0 radical (unpaired) electrons. The molecule has 0 saturated heterocycles. The van der Waals surface area contributed by atoms with E-state index in [9.17, 15) is 15.3 Å². The highest BCUT2D eigenvalue weighted by Crippen LogP contribution is 2.53. The lowest BCUT2D eigenvalue weighted by atomic mass is 9.63. The monoisotopic (exact) mass is 672 g/mol. The van der Waals surface area contributed by atoms with Crippen molar-refractivity contribution in [2.45, 2.75) is 16.8 Å². The van der Waals surface area contributed by atoms with Gasteiger partial charge < -0.3 is 15.3 Å². The molecule has 0 bridgehead atoms. The van der Waals surface area contributed by atoms with Gasteiger partial charge in [0, 0.05) is 11.1 Å². The first-order valence-corrected chi connectivity index (χ1v) is 17.6. The Morgan fingerprint density at radius 1 is 0.250 bits per heavy atom. The van der Waals surface area contributed by atoms with E-state index in [0.29, 0.717) is 22.3 Å². The van der Waals surface area contributed by atoms with Crippen molar-refractivity contribution < 1.29 is 15.3 Å². The second-order valence-corrected chi connectivity index (χ2v) is 13.6. The predicted octanol–water partition coefficient (Wildman–Crippen LogP) is 9.67. The van der Waals surface area contributed by atoms with E-state index in [2.05, 4.69) is 36.4 Å². The Hall–Kier alpha value is -6.10. The third kappa shape index (κ3) is 4.64. The highest BCUT2D eigenvalue weighted by Gasteiger charge is 2.50. The molecule has 3 nitrogen and oxygen atoms in total. The zero-order valence-corrected chi connectivity index (χ0v) is 28.4. The van der Waals surface area contributed by atoms with E-state index in [4.69, 9.17) is 0 Å². The Bertz CT molecular complexity index is 2390. The molecule has 250 valence electrons. The van der Waals surface area contributed by atoms with E-state index in [-0.39, 0.29) is 0 Å². The SMILES string of the molecule is OC1(c2ccc3ccccc3c2)c2ccccc2-c2ccccc21.OC1(c2ccccc2)c2ccccc2C(O)(c2ccccc2)c2ccccc21. The summed E-state index contributed by atoms with van der Waals surface area (Å²) in [5.41, 5.74) is 5.65. The fraction of sp³-hybridized carbons (Fsp3) is 0.0612. The van der Waals surface area contributed by atoms with Crippen LogP contribution in [0.3, 0.4) is 0 Å². The zero-order valence-electron chi connectivity index (χ0n) is 28.4. The lowest BCUT2D eigenvalue weighted by molar-refractivity contribution is 0.0748. The van der Waals surface area contributed by atoms with Gasteiger partial charge in [0.25, 0.3) is 0 Å². The summed E-state index contributed by atoms with van der Waals surface area (Å²) in [5.74, 6) is 0. The molecular weight excluding hydrogens is 637 g/mol. The molecule has 0 fully saturated rings. The normalized spacial score (nSPS) is 19.0. The summed E-state index contributed by atoms with van der Waals surface area (Å²) >= 11 is 0. The summed E-state index contributed by atoms with van der Waals surface area (Å²) in [7, 11) is 0. The van der Waals surface area contributed by atoms with Gasteiger partial charge in [0.2, 0.25) is 0 Å². The molecule has 2 aliphatic carbocycles. The molecule has 0 amide bonds. The number of hydrogen-bond acceptors (Lipinski definition) is 3. The third-order valence-corrected chi connectivity index (χ3v) is 10.9. The molecule has 0 aliphatic heterocycles. The molecule has 0 unspecified atom stereocenters. The van der Waals surface area contributed by atoms with Gasteiger partial charge in [-0.3, -0.25) is 0 Å². The summed E-state index contributed by atoms with van der Waals surface area (Å²) in [5, 5.41) is 38.4. The van der Waals surface area contributed by atoms with Crippen LogP contribution < -0.4 is 0 Å². The van der Waals surface area contributed by atoms with E-state index in [1.54, 1.807) is 0 Å². The summed E-state index contributed by atoms with van der Waals surface area (Å²) in [6, 6.07) is 65.4. The van der Waals surface area contributed by atoms with Crippen molar-refractivity contribution in [3.8, 4) is 11.1 Å². The van der Waals surface area contributed by atoms with Crippen LogP contribution in [0.2, 0.25) is 0 Å². The highest BCUT2D eigenvalue weighted by molar-refractivity contribution is 5.86. The van der Waals surface area contributed by atoms with E-state index in [0.717, 1.165) is 44.3 Å². The van der Waals surface area contributed by atoms with Crippen LogP contribution in [0, 0.1) is 0 Å². The van der Waals surface area contributed by atoms with Crippen LogP contribution in [-0.2, 0) is 16.8 Å². The number of fused-ring (bicyclic) bond motifs is 6. The zero-order chi connectivity index (χ0) is 35.3. The van der Waals surface area contributed by atoms with Crippen molar-refractivity contribution in [1.82, 2.24) is 0 Å². The first-order chi connectivity index (χ1) is 25.4. The maximum atomic E-state index is 12.1. The van der Waals surface area contributed by atoms with Crippen LogP contribution in [0.4, 0.5) is 0 Å². The van der Waals surface area contributed by atoms with Crippen LogP contribution in [0.25, 0.3) is 21.9 Å². The molecular formula is C49H36O3. The fourth-order valence-electron chi connectivity index (χ4n) is 8.44. The predicted molar refractivity (Wildman–Crippen MR) is 208 cm³/mol. The average molecular weight is 673 g/mol. The molecule has 0 heterocycles. The standard InChI is InChI=1S/C26H20O2.C23H16O/c27-25(19-11-3-1-4-12-19)21-15-7-9-17-23(21)26(28,20-13-5-2-6-14-20)24-18-10-8-16-22(24)25;24-23(18-14-13-16-7-1-2-8-17(16)15-18)21-11-5-3-9-19(21)20-10-4-6-12-22(20)23/h1-18,27-28H;1-15,24H. The maximum Gasteiger partial charge on any atom is 0.141 e. The number of aliphatic hydroxyl groups is 3. The second-order valence-electron chi connectivity index (χ2n) is 13.6. The van der Waals surface area contributed by atoms with E-state index < -0.39 is 16.8 Å². The van der Waals surface area contributed by atoms with Crippen molar-refractivity contribution in [2.24, 2.45) is 0 Å². The maximum absolute atomic E-state index is 12.1. The summed E-state index contributed by atoms with van der Waals surface area (Å²) in [4.78, 5) is 0. The number of benzene rings is 8. The lowest BCUT2D eigenvalue weighted by Crippen LogP contribution is -2.44. The van der Waals surface area contributed by atoms with Crippen molar-refractivity contribution in [3.05, 3.63) is 250 Å². The first-order valence-electron chi connectivity index (χ1n) is 17.6. The third-order valence-electron chi connectivity index (χ3n) is 10.9. The minimum Gasteiger partial charge on any atom is -0.376 e. The van der Waals surface area contributed by atoms with Gasteiger partial charge in [-0.15, -0.1) is 0 Å². The highest BCUT2D eigenvalue weighted by atomic mass is 16.3. The second kappa shape index (κ2) is 12.3. The molecule has 3 heteroatoms. The van der Waals surface area contributed by atoms with Gasteiger partial charge in [-0.05, 0) is 66.9 Å². The van der Waals surface area contributed by atoms with Gasteiger partial charge in [-0.1, -0.05) is 194 Å². The van der Waals surface area contributed by atoms with Crippen LogP contribution >= 0.6 is 0 Å². The lowest BCUT2D eigenvalue weighted by Gasteiger charge is -2.45. The van der Waals surface area contributed by atoms with Crippen molar-refractivity contribution in [2.75, 3.05) is 0 Å². The van der Waals surface area contributed by atoms with Crippen molar-refractivity contribution >= 4 is 10.8 Å². The number of hydrogen-bond donors (Lipinski definition) is 3. The van der Waals surface area contributed by atoms with Gasteiger partial charge in [0.05, 0.1) is 0 Å². The molecule has 2 aliphatic rings. The average Bonchev–Trinajstić information content (AvgIpc) is 3.49. The quantitative estimate of drug-likeness (QED) is 0.175. The van der Waals surface area contributed by atoms with Crippen LogP contribution in [0.1, 0.15) is 50.1 Å². The molecule has 52 heavy (non-hydrogen) atoms. The fourth-order valence-corrected chi connectivity index (χ4v) is 8.44. The van der Waals surface area contributed by atoms with Gasteiger partial charge in [-0.2, -0.15) is 0 Å². The Labute approximate surface area is 303 Å². The number of rotatable bonds is 3. The van der Waals surface area contributed by atoms with E-state index in [1.807, 2.05) is 164 Å². The Kier molecular flexibility index (Phi) is 7.53. The molecule has 8 aromatic carbocycles. The summed E-state index contributed by atoms with van der Waals surface area (Å²) in [6.07, 6.45) is 0. The molecule has 0 spiro atoms. The molecule has 0 aromatic heterocycles. The van der Waals surface area contributed by atoms with Crippen molar-refractivity contribution in [3.63, 3.8) is 0 Å². The largest absolute Gasteiger partial charge is 0.376 e. The summed E-state index contributed by atoms with van der Waals surface area (Å²) in [6.45, 7) is 0. The van der Waals surface area contributed by atoms with Crippen LogP contribution in [0.15, 0.2) is 200 Å². The minimum atomic E-state index is -1.34. The van der Waals surface area contributed by atoms with Gasteiger partial charge in [0.15, 0.2) is 0 Å². The van der Waals surface area contributed by atoms with E-state index in [1.165, 1.54) is 5.39 Å². The van der Waals surface area contributed by atoms with E-state index >= 15 is 0 Å². The minimum absolute atomic E-state index is 0.700. The Balaban J connectivity index is 0.000000140. The van der Waals surface area contributed by atoms with Gasteiger partial charge >= 0.3 is 0 Å². The molecule has 0 saturated carbocycles. The molecule has 3 N–H and O–H groups in total. The van der Waals surface area contributed by atoms with Gasteiger partial charge in [0.1, 0.15) is 16.8 Å². The van der Waals surface area contributed by atoms with Crippen LogP contribution in [0.5, 0.6) is 0 Å². The Morgan fingerprint density at radius 2 is 0.577 bits per heavy atom. The van der Waals surface area contributed by atoms with Crippen molar-refractivity contribution in [1.29, 1.82) is 0 Å². The smallest absolute Gasteiger partial charge is 0.141 e. The topological polar surface area (TPSA) is 60.7 Å².